The Bertz CT molecular complexity index is 310. The van der Waals surface area contributed by atoms with Crippen molar-refractivity contribution in [2.24, 2.45) is 0 Å². The molecule has 0 heterocycles. The molecular weight excluding hydrogens is 183 g/mol. The zero-order valence-electron chi connectivity index (χ0n) is 8.24. The number of halogens is 1. The molecule has 0 saturated heterocycles. The van der Waals surface area contributed by atoms with Gasteiger partial charge in [-0.3, -0.25) is 4.79 Å². The second-order valence-electron chi connectivity index (χ2n) is 3.24. The van der Waals surface area contributed by atoms with Crippen LogP contribution in [0.4, 0.5) is 4.39 Å². The van der Waals surface area contributed by atoms with Gasteiger partial charge in [0.1, 0.15) is 5.75 Å². The third kappa shape index (κ3) is 2.55. The highest BCUT2D eigenvalue weighted by molar-refractivity contribution is 5.62. The number of hydrogen-bond acceptors (Lipinski definition) is 2. The first-order valence-electron chi connectivity index (χ1n) is 4.50. The summed E-state index contributed by atoms with van der Waals surface area (Å²) in [5, 5.41) is 0. The quantitative estimate of drug-likeness (QED) is 0.692. The van der Waals surface area contributed by atoms with Gasteiger partial charge in [-0.15, -0.1) is 0 Å². The van der Waals surface area contributed by atoms with E-state index < -0.39 is 6.17 Å². The van der Waals surface area contributed by atoms with E-state index >= 15 is 0 Å². The molecule has 1 rings (SSSR count). The maximum atomic E-state index is 13.1. The Morgan fingerprint density at radius 2 is 2.00 bits per heavy atom. The van der Waals surface area contributed by atoms with Crippen molar-refractivity contribution in [3.8, 4) is 5.75 Å². The predicted molar refractivity (Wildman–Crippen MR) is 52.1 cm³/mol. The van der Waals surface area contributed by atoms with Gasteiger partial charge in [0, 0.05) is 5.56 Å². The van der Waals surface area contributed by atoms with E-state index in [9.17, 15) is 9.18 Å². The molecule has 0 aliphatic rings. The highest BCUT2D eigenvalue weighted by Crippen LogP contribution is 2.26. The molecule has 0 radical (unpaired) electrons. The van der Waals surface area contributed by atoms with Crippen molar-refractivity contribution >= 4 is 6.29 Å². The summed E-state index contributed by atoms with van der Waals surface area (Å²) in [6, 6.07) is 6.64. The normalized spacial score (nSPS) is 12.6. The molecule has 2 nitrogen and oxygen atoms in total. The number of para-hydroxylation sites is 1. The molecule has 1 aromatic carbocycles. The monoisotopic (exact) mass is 196 g/mol. The summed E-state index contributed by atoms with van der Waals surface area (Å²) in [5.74, 6) is 0.433. The minimum absolute atomic E-state index is 0.0324. The molecule has 1 unspecified atom stereocenters. The Kier molecular flexibility index (Phi) is 3.63. The average molecular weight is 196 g/mol. The lowest BCUT2D eigenvalue weighted by Gasteiger charge is -2.13. The van der Waals surface area contributed by atoms with Crippen LogP contribution in [-0.2, 0) is 4.79 Å². The van der Waals surface area contributed by atoms with E-state index in [2.05, 4.69) is 0 Å². The first-order chi connectivity index (χ1) is 6.65. The van der Waals surface area contributed by atoms with Crippen molar-refractivity contribution in [2.45, 2.75) is 26.1 Å². The van der Waals surface area contributed by atoms with Gasteiger partial charge in [-0.05, 0) is 19.9 Å². The van der Waals surface area contributed by atoms with E-state index in [0.717, 1.165) is 0 Å². The maximum Gasteiger partial charge on any atom is 0.184 e. The topological polar surface area (TPSA) is 26.3 Å². The third-order valence-corrected chi connectivity index (χ3v) is 1.70. The summed E-state index contributed by atoms with van der Waals surface area (Å²) in [6.07, 6.45) is -1.37. The van der Waals surface area contributed by atoms with E-state index in [0.29, 0.717) is 5.75 Å². The molecule has 3 heteroatoms. The third-order valence-electron chi connectivity index (χ3n) is 1.70. The molecule has 0 N–H and O–H groups in total. The van der Waals surface area contributed by atoms with Crippen LogP contribution in [0.5, 0.6) is 5.75 Å². The molecule has 0 saturated carbocycles. The predicted octanol–water partition coefficient (Wildman–Crippen LogP) is 2.68. The van der Waals surface area contributed by atoms with Gasteiger partial charge in [-0.25, -0.2) is 4.39 Å². The molecule has 76 valence electrons. The molecule has 1 atom stereocenters. The average Bonchev–Trinajstić information content (AvgIpc) is 2.16. The number of alkyl halides is 1. The largest absolute Gasteiger partial charge is 0.491 e. The van der Waals surface area contributed by atoms with Crippen LogP contribution in [0.2, 0.25) is 0 Å². The SMILES string of the molecule is CC(C)Oc1ccccc1C(F)C=O. The molecule has 1 aromatic rings. The molecule has 0 bridgehead atoms. The Labute approximate surface area is 82.7 Å². The Hall–Kier alpha value is -1.38. The van der Waals surface area contributed by atoms with Crippen molar-refractivity contribution in [3.05, 3.63) is 29.8 Å². The van der Waals surface area contributed by atoms with Gasteiger partial charge in [0.05, 0.1) is 6.10 Å². The molecule has 14 heavy (non-hydrogen) atoms. The zero-order chi connectivity index (χ0) is 10.6. The summed E-state index contributed by atoms with van der Waals surface area (Å²) < 4.78 is 18.5. The minimum Gasteiger partial charge on any atom is -0.491 e. The van der Waals surface area contributed by atoms with Gasteiger partial charge in [-0.1, -0.05) is 18.2 Å². The fourth-order valence-electron chi connectivity index (χ4n) is 1.14. The van der Waals surface area contributed by atoms with Crippen molar-refractivity contribution in [1.29, 1.82) is 0 Å². The highest BCUT2D eigenvalue weighted by atomic mass is 19.1. The van der Waals surface area contributed by atoms with Crippen LogP contribution in [0.25, 0.3) is 0 Å². The summed E-state index contributed by atoms with van der Waals surface area (Å²) in [4.78, 5) is 10.3. The maximum absolute atomic E-state index is 13.1. The second kappa shape index (κ2) is 4.74. The smallest absolute Gasteiger partial charge is 0.184 e. The van der Waals surface area contributed by atoms with Crippen molar-refractivity contribution in [2.75, 3.05) is 0 Å². The molecular formula is C11H13FO2. The lowest BCUT2D eigenvalue weighted by Crippen LogP contribution is -2.08. The molecule has 0 spiro atoms. The van der Waals surface area contributed by atoms with Gasteiger partial charge in [0.2, 0.25) is 0 Å². The van der Waals surface area contributed by atoms with E-state index in [1.807, 2.05) is 13.8 Å². The molecule has 0 aliphatic carbocycles. The lowest BCUT2D eigenvalue weighted by atomic mass is 10.1. The van der Waals surface area contributed by atoms with Crippen LogP contribution in [0.3, 0.4) is 0 Å². The summed E-state index contributed by atoms with van der Waals surface area (Å²) in [7, 11) is 0. The lowest BCUT2D eigenvalue weighted by molar-refractivity contribution is -0.112. The zero-order valence-corrected chi connectivity index (χ0v) is 8.24. The van der Waals surface area contributed by atoms with Crippen LogP contribution in [0.15, 0.2) is 24.3 Å². The van der Waals surface area contributed by atoms with E-state index in [-0.39, 0.29) is 18.0 Å². The Morgan fingerprint density at radius 3 is 2.57 bits per heavy atom. The Balaban J connectivity index is 2.96. The molecule has 0 amide bonds. The fourth-order valence-corrected chi connectivity index (χ4v) is 1.14. The van der Waals surface area contributed by atoms with Gasteiger partial charge < -0.3 is 4.74 Å². The van der Waals surface area contributed by atoms with Crippen LogP contribution in [-0.4, -0.2) is 12.4 Å². The van der Waals surface area contributed by atoms with E-state index in [1.165, 1.54) is 0 Å². The van der Waals surface area contributed by atoms with Gasteiger partial charge >= 0.3 is 0 Å². The summed E-state index contributed by atoms with van der Waals surface area (Å²) >= 11 is 0. The van der Waals surface area contributed by atoms with Crippen LogP contribution in [0, 0.1) is 0 Å². The highest BCUT2D eigenvalue weighted by Gasteiger charge is 2.14. The van der Waals surface area contributed by atoms with Crippen molar-refractivity contribution in [1.82, 2.24) is 0 Å². The number of rotatable bonds is 4. The number of carbonyl (C=O) groups excluding carboxylic acids is 1. The number of hydrogen-bond donors (Lipinski definition) is 0. The molecule has 0 fully saturated rings. The second-order valence-corrected chi connectivity index (χ2v) is 3.24. The summed E-state index contributed by atoms with van der Waals surface area (Å²) in [6.45, 7) is 3.70. The molecule has 0 aromatic heterocycles. The van der Waals surface area contributed by atoms with Crippen LogP contribution < -0.4 is 4.74 Å². The standard InChI is InChI=1S/C11H13FO2/c1-8(2)14-11-6-4-3-5-9(11)10(12)7-13/h3-8,10H,1-2H3. The fraction of sp³-hybridized carbons (Fsp3) is 0.364. The van der Waals surface area contributed by atoms with Gasteiger partial charge in [0.25, 0.3) is 0 Å². The summed E-state index contributed by atoms with van der Waals surface area (Å²) in [5.41, 5.74) is 0.288. The number of aldehydes is 1. The van der Waals surface area contributed by atoms with Crippen molar-refractivity contribution in [3.63, 3.8) is 0 Å². The Morgan fingerprint density at radius 1 is 1.36 bits per heavy atom. The van der Waals surface area contributed by atoms with E-state index in [4.69, 9.17) is 4.74 Å². The molecule has 0 aliphatic heterocycles. The van der Waals surface area contributed by atoms with Crippen LogP contribution in [0.1, 0.15) is 25.6 Å². The van der Waals surface area contributed by atoms with Crippen LogP contribution >= 0.6 is 0 Å². The van der Waals surface area contributed by atoms with E-state index in [1.54, 1.807) is 24.3 Å². The van der Waals surface area contributed by atoms with Gasteiger partial charge in [0.15, 0.2) is 12.5 Å². The minimum atomic E-state index is -1.61. The van der Waals surface area contributed by atoms with Crippen molar-refractivity contribution < 1.29 is 13.9 Å². The number of ether oxygens (including phenoxy) is 1. The first kappa shape index (κ1) is 10.7. The first-order valence-corrected chi connectivity index (χ1v) is 4.50. The number of benzene rings is 1. The number of carbonyl (C=O) groups is 1. The van der Waals surface area contributed by atoms with Gasteiger partial charge in [-0.2, -0.15) is 0 Å².